The fraction of sp³-hybridized carbons (Fsp3) is 0.900. The van der Waals surface area contributed by atoms with Crippen LogP contribution in [0.3, 0.4) is 0 Å². The van der Waals surface area contributed by atoms with Crippen molar-refractivity contribution in [2.45, 2.75) is 19.8 Å². The highest BCUT2D eigenvalue weighted by Crippen LogP contribution is 1.85. The average molecular weight is 220 g/mol. The van der Waals surface area contributed by atoms with Crippen molar-refractivity contribution in [1.29, 1.82) is 0 Å². The first-order valence-electron chi connectivity index (χ1n) is 5.22. The summed E-state index contributed by atoms with van der Waals surface area (Å²) in [5, 5.41) is 8.31. The Hall–Kier alpha value is -0.650. The van der Waals surface area contributed by atoms with Gasteiger partial charge in [0, 0.05) is 6.61 Å². The van der Waals surface area contributed by atoms with Crippen molar-refractivity contribution in [2.75, 3.05) is 39.6 Å². The van der Waals surface area contributed by atoms with Gasteiger partial charge in [0.25, 0.3) is 0 Å². The molecule has 1 N–H and O–H groups in total. The third-order valence-electron chi connectivity index (χ3n) is 1.55. The highest BCUT2D eigenvalue weighted by Gasteiger charge is 1.95. The minimum Gasteiger partial charge on any atom is -0.481 e. The van der Waals surface area contributed by atoms with E-state index in [9.17, 15) is 4.79 Å². The van der Waals surface area contributed by atoms with Gasteiger partial charge in [0.05, 0.1) is 39.5 Å². The van der Waals surface area contributed by atoms with Crippen LogP contribution in [0.5, 0.6) is 0 Å². The van der Waals surface area contributed by atoms with Gasteiger partial charge in [0.2, 0.25) is 0 Å². The lowest BCUT2D eigenvalue weighted by atomic mass is 10.5. The quantitative estimate of drug-likeness (QED) is 0.524. The Labute approximate surface area is 90.3 Å². The van der Waals surface area contributed by atoms with Gasteiger partial charge in [-0.3, -0.25) is 4.79 Å². The Morgan fingerprint density at radius 3 is 1.87 bits per heavy atom. The van der Waals surface area contributed by atoms with Crippen molar-refractivity contribution >= 4 is 5.97 Å². The maximum absolute atomic E-state index is 10.1. The highest BCUT2D eigenvalue weighted by molar-refractivity contribution is 5.66. The first-order chi connectivity index (χ1) is 7.27. The summed E-state index contributed by atoms with van der Waals surface area (Å²) in [6.07, 6.45) is 1.05. The van der Waals surface area contributed by atoms with Gasteiger partial charge in [-0.1, -0.05) is 6.92 Å². The molecule has 5 heteroatoms. The molecule has 0 aliphatic rings. The lowest BCUT2D eigenvalue weighted by Gasteiger charge is -2.05. The molecule has 0 aromatic carbocycles. The van der Waals surface area contributed by atoms with Gasteiger partial charge in [-0.25, -0.2) is 0 Å². The van der Waals surface area contributed by atoms with E-state index in [1.165, 1.54) is 0 Å². The number of ether oxygens (including phenoxy) is 3. The fourth-order valence-corrected chi connectivity index (χ4v) is 0.846. The van der Waals surface area contributed by atoms with Crippen LogP contribution < -0.4 is 0 Å². The molecule has 0 aliphatic carbocycles. The van der Waals surface area contributed by atoms with Gasteiger partial charge in [-0.05, 0) is 6.42 Å². The maximum Gasteiger partial charge on any atom is 0.305 e. The van der Waals surface area contributed by atoms with Crippen LogP contribution in [0.1, 0.15) is 19.8 Å². The van der Waals surface area contributed by atoms with Crippen molar-refractivity contribution in [3.8, 4) is 0 Å². The molecule has 0 unspecified atom stereocenters. The molecule has 15 heavy (non-hydrogen) atoms. The van der Waals surface area contributed by atoms with Crippen LogP contribution in [0, 0.1) is 0 Å². The Morgan fingerprint density at radius 1 is 0.933 bits per heavy atom. The summed E-state index contributed by atoms with van der Waals surface area (Å²) >= 11 is 0. The van der Waals surface area contributed by atoms with Crippen LogP contribution in [0.2, 0.25) is 0 Å². The topological polar surface area (TPSA) is 65.0 Å². The van der Waals surface area contributed by atoms with E-state index in [0.29, 0.717) is 26.4 Å². The van der Waals surface area contributed by atoms with Crippen molar-refractivity contribution in [2.24, 2.45) is 0 Å². The molecule has 90 valence electrons. The van der Waals surface area contributed by atoms with E-state index < -0.39 is 5.97 Å². The first-order valence-corrected chi connectivity index (χ1v) is 5.22. The van der Waals surface area contributed by atoms with Crippen LogP contribution in [0.4, 0.5) is 0 Å². The van der Waals surface area contributed by atoms with Gasteiger partial charge in [0.15, 0.2) is 0 Å². The second-order valence-corrected chi connectivity index (χ2v) is 2.98. The SMILES string of the molecule is CCCOCCOCCOCCC(=O)O. The first kappa shape index (κ1) is 14.3. The minimum atomic E-state index is -0.844. The maximum atomic E-state index is 10.1. The van der Waals surface area contributed by atoms with Gasteiger partial charge in [-0.15, -0.1) is 0 Å². The van der Waals surface area contributed by atoms with Crippen LogP contribution in [-0.4, -0.2) is 50.7 Å². The summed E-state index contributed by atoms with van der Waals surface area (Å²) in [5.41, 5.74) is 0. The number of carboxylic acid groups (broad SMARTS) is 1. The van der Waals surface area contributed by atoms with Crippen molar-refractivity contribution < 1.29 is 24.1 Å². The molecule has 0 radical (unpaired) electrons. The minimum absolute atomic E-state index is 0.0413. The molecule has 0 fully saturated rings. The van der Waals surface area contributed by atoms with Gasteiger partial charge >= 0.3 is 5.97 Å². The van der Waals surface area contributed by atoms with Crippen molar-refractivity contribution in [1.82, 2.24) is 0 Å². The Kier molecular flexibility index (Phi) is 10.9. The van der Waals surface area contributed by atoms with Gasteiger partial charge in [0.1, 0.15) is 0 Å². The lowest BCUT2D eigenvalue weighted by molar-refractivity contribution is -0.138. The summed E-state index contributed by atoms with van der Waals surface area (Å²) in [5.74, 6) is -0.844. The van der Waals surface area contributed by atoms with Crippen LogP contribution >= 0.6 is 0 Å². The number of rotatable bonds is 11. The summed E-state index contributed by atoms with van der Waals surface area (Å²) in [4.78, 5) is 10.1. The molecular formula is C10H20O5. The van der Waals surface area contributed by atoms with Crippen LogP contribution in [0.25, 0.3) is 0 Å². The number of aliphatic carboxylic acids is 1. The molecule has 0 aliphatic heterocycles. The largest absolute Gasteiger partial charge is 0.481 e. The molecule has 0 saturated heterocycles. The second kappa shape index (κ2) is 11.4. The molecule has 0 atom stereocenters. The van der Waals surface area contributed by atoms with E-state index in [0.717, 1.165) is 13.0 Å². The van der Waals surface area contributed by atoms with E-state index >= 15 is 0 Å². The monoisotopic (exact) mass is 220 g/mol. The number of hydrogen-bond acceptors (Lipinski definition) is 4. The summed E-state index contributed by atoms with van der Waals surface area (Å²) in [7, 11) is 0. The van der Waals surface area contributed by atoms with E-state index in [1.807, 2.05) is 0 Å². The van der Waals surface area contributed by atoms with Gasteiger partial charge < -0.3 is 19.3 Å². The molecule has 0 aromatic heterocycles. The predicted molar refractivity (Wildman–Crippen MR) is 55.0 cm³/mol. The highest BCUT2D eigenvalue weighted by atomic mass is 16.5. The molecule has 0 spiro atoms. The molecule has 0 saturated carbocycles. The van der Waals surface area contributed by atoms with E-state index in [-0.39, 0.29) is 13.0 Å². The van der Waals surface area contributed by atoms with E-state index in [1.54, 1.807) is 0 Å². The Morgan fingerprint density at radius 2 is 1.40 bits per heavy atom. The lowest BCUT2D eigenvalue weighted by Crippen LogP contribution is -2.11. The second-order valence-electron chi connectivity index (χ2n) is 2.98. The summed E-state index contributed by atoms with van der Waals surface area (Å²) in [6.45, 7) is 5.13. The summed E-state index contributed by atoms with van der Waals surface area (Å²) in [6, 6.07) is 0. The average Bonchev–Trinajstić information content (AvgIpc) is 2.20. The number of carboxylic acids is 1. The molecule has 0 heterocycles. The third kappa shape index (κ3) is 13.3. The smallest absolute Gasteiger partial charge is 0.305 e. The van der Waals surface area contributed by atoms with Crippen LogP contribution in [0.15, 0.2) is 0 Å². The molecule has 0 amide bonds. The number of carbonyl (C=O) groups is 1. The predicted octanol–water partition coefficient (Wildman–Crippen LogP) is 0.921. The molecule has 0 aromatic rings. The zero-order valence-corrected chi connectivity index (χ0v) is 9.24. The fourth-order valence-electron chi connectivity index (χ4n) is 0.846. The molecule has 5 nitrogen and oxygen atoms in total. The zero-order valence-electron chi connectivity index (χ0n) is 9.24. The van der Waals surface area contributed by atoms with Gasteiger partial charge in [-0.2, -0.15) is 0 Å². The zero-order chi connectivity index (χ0) is 11.4. The Bertz CT molecular complexity index is 149. The molecule has 0 bridgehead atoms. The van der Waals surface area contributed by atoms with E-state index in [4.69, 9.17) is 19.3 Å². The summed E-state index contributed by atoms with van der Waals surface area (Å²) < 4.78 is 15.4. The third-order valence-corrected chi connectivity index (χ3v) is 1.55. The van der Waals surface area contributed by atoms with Crippen molar-refractivity contribution in [3.05, 3.63) is 0 Å². The Balaban J connectivity index is 2.89. The molecule has 0 rings (SSSR count). The normalized spacial score (nSPS) is 10.5. The van der Waals surface area contributed by atoms with E-state index in [2.05, 4.69) is 6.92 Å². The van der Waals surface area contributed by atoms with Crippen molar-refractivity contribution in [3.63, 3.8) is 0 Å². The number of hydrogen-bond donors (Lipinski definition) is 1. The molecular weight excluding hydrogens is 200 g/mol. The standard InChI is InChI=1S/C10H20O5/c1-2-4-13-6-8-15-9-7-14-5-3-10(11)12/h2-9H2,1H3,(H,11,12). The van der Waals surface area contributed by atoms with Crippen LogP contribution in [-0.2, 0) is 19.0 Å².